The summed E-state index contributed by atoms with van der Waals surface area (Å²) in [4.78, 5) is 27.7. The summed E-state index contributed by atoms with van der Waals surface area (Å²) in [6, 6.07) is 7.52. The number of aromatic nitrogens is 1. The molecule has 6 nitrogen and oxygen atoms in total. The van der Waals surface area contributed by atoms with E-state index in [4.69, 9.17) is 4.74 Å². The van der Waals surface area contributed by atoms with Gasteiger partial charge in [-0.1, -0.05) is 12.1 Å². The normalized spacial score (nSPS) is 11.0. The third-order valence-corrected chi connectivity index (χ3v) is 4.46. The fraction of sp³-hybridized carbons (Fsp3) is 0.286. The van der Waals surface area contributed by atoms with Crippen molar-refractivity contribution in [2.75, 3.05) is 11.9 Å². The molecule has 27 heavy (non-hydrogen) atoms. The lowest BCUT2D eigenvalue weighted by atomic mass is 10.1. The second kappa shape index (κ2) is 8.37. The third kappa shape index (κ3) is 4.26. The van der Waals surface area contributed by atoms with Crippen LogP contribution in [-0.2, 0) is 9.53 Å². The molecule has 140 valence electrons. The average molecular weight is 365 g/mol. The minimum absolute atomic E-state index is 0.0596. The number of aromatic amines is 1. The molecule has 2 aromatic rings. The second-order valence-electron chi connectivity index (χ2n) is 6.26. The second-order valence-corrected chi connectivity index (χ2v) is 6.26. The Kier molecular flexibility index (Phi) is 6.19. The Morgan fingerprint density at radius 1 is 1.22 bits per heavy atom. The molecule has 0 aliphatic heterocycles. The fourth-order valence-electron chi connectivity index (χ4n) is 2.80. The zero-order valence-corrected chi connectivity index (χ0v) is 16.2. The number of anilines is 1. The summed E-state index contributed by atoms with van der Waals surface area (Å²) in [6.45, 7) is 9.37. The van der Waals surface area contributed by atoms with E-state index in [0.717, 1.165) is 11.1 Å². The number of benzene rings is 1. The van der Waals surface area contributed by atoms with Crippen molar-refractivity contribution in [1.82, 2.24) is 4.98 Å². The summed E-state index contributed by atoms with van der Waals surface area (Å²) >= 11 is 0. The largest absolute Gasteiger partial charge is 0.462 e. The number of hydrogen-bond donors (Lipinski definition) is 2. The molecule has 0 aliphatic carbocycles. The Morgan fingerprint density at radius 2 is 1.93 bits per heavy atom. The SMILES string of the molecule is CCOC(=O)c1c(C)[nH]c(/C=C(\C#N)C(=O)Nc2cccc(C)c2C)c1C. The van der Waals surface area contributed by atoms with Crippen molar-refractivity contribution in [3.05, 3.63) is 57.4 Å². The van der Waals surface area contributed by atoms with E-state index in [1.54, 1.807) is 26.8 Å². The number of hydrogen-bond acceptors (Lipinski definition) is 4. The van der Waals surface area contributed by atoms with E-state index in [1.807, 2.05) is 32.0 Å². The average Bonchev–Trinajstić information content (AvgIpc) is 2.90. The van der Waals surface area contributed by atoms with E-state index in [1.165, 1.54) is 6.08 Å². The fourth-order valence-corrected chi connectivity index (χ4v) is 2.80. The number of carbonyl (C=O) groups is 2. The van der Waals surface area contributed by atoms with Crippen molar-refractivity contribution in [1.29, 1.82) is 5.26 Å². The number of esters is 1. The van der Waals surface area contributed by atoms with Crippen molar-refractivity contribution in [2.24, 2.45) is 0 Å². The molecule has 1 aromatic carbocycles. The maximum atomic E-state index is 12.5. The molecule has 1 heterocycles. The van der Waals surface area contributed by atoms with Gasteiger partial charge in [-0.15, -0.1) is 0 Å². The zero-order valence-electron chi connectivity index (χ0n) is 16.2. The smallest absolute Gasteiger partial charge is 0.340 e. The predicted molar refractivity (Wildman–Crippen MR) is 104 cm³/mol. The molecule has 1 amide bonds. The molecule has 0 saturated carbocycles. The Morgan fingerprint density at radius 3 is 2.56 bits per heavy atom. The molecular formula is C21H23N3O3. The van der Waals surface area contributed by atoms with E-state index in [0.29, 0.717) is 28.2 Å². The zero-order chi connectivity index (χ0) is 20.1. The number of carbonyl (C=O) groups excluding carboxylic acids is 2. The lowest BCUT2D eigenvalue weighted by Gasteiger charge is -2.09. The standard InChI is InChI=1S/C21H23N3O3/c1-6-27-21(26)19-14(4)18(23-15(19)5)10-16(11-22)20(25)24-17-9-7-8-12(2)13(17)3/h7-10,23H,6H2,1-5H3,(H,24,25)/b16-10+. The number of nitrogens with zero attached hydrogens (tertiary/aromatic N) is 1. The van der Waals surface area contributed by atoms with Gasteiger partial charge in [0.05, 0.1) is 12.2 Å². The lowest BCUT2D eigenvalue weighted by Crippen LogP contribution is -2.14. The topological polar surface area (TPSA) is 95.0 Å². The van der Waals surface area contributed by atoms with Gasteiger partial charge in [0.15, 0.2) is 0 Å². The van der Waals surface area contributed by atoms with Gasteiger partial charge in [-0.05, 0) is 63.5 Å². The predicted octanol–water partition coefficient (Wildman–Crippen LogP) is 3.97. The molecule has 0 saturated heterocycles. The highest BCUT2D eigenvalue weighted by atomic mass is 16.5. The van der Waals surface area contributed by atoms with E-state index in [-0.39, 0.29) is 12.2 Å². The number of rotatable bonds is 5. The van der Waals surface area contributed by atoms with Gasteiger partial charge in [0.25, 0.3) is 5.91 Å². The van der Waals surface area contributed by atoms with E-state index < -0.39 is 11.9 Å². The summed E-state index contributed by atoms with van der Waals surface area (Å²) in [5.41, 5.74) is 4.81. The Bertz CT molecular complexity index is 962. The molecule has 0 bridgehead atoms. The monoisotopic (exact) mass is 365 g/mol. The number of nitrogens with one attached hydrogen (secondary N) is 2. The van der Waals surface area contributed by atoms with Gasteiger partial charge >= 0.3 is 5.97 Å². The summed E-state index contributed by atoms with van der Waals surface area (Å²) in [6.07, 6.45) is 1.45. The van der Waals surface area contributed by atoms with Crippen molar-refractivity contribution in [3.63, 3.8) is 0 Å². The molecule has 1 aromatic heterocycles. The van der Waals surface area contributed by atoms with Gasteiger partial charge in [0.1, 0.15) is 11.6 Å². The van der Waals surface area contributed by atoms with Crippen LogP contribution in [0.15, 0.2) is 23.8 Å². The van der Waals surface area contributed by atoms with Crippen molar-refractivity contribution in [2.45, 2.75) is 34.6 Å². The molecule has 0 spiro atoms. The number of aryl methyl sites for hydroxylation is 2. The highest BCUT2D eigenvalue weighted by Crippen LogP contribution is 2.22. The van der Waals surface area contributed by atoms with Crippen LogP contribution in [0.2, 0.25) is 0 Å². The quantitative estimate of drug-likeness (QED) is 0.476. The molecule has 0 radical (unpaired) electrons. The first-order valence-electron chi connectivity index (χ1n) is 8.65. The first kappa shape index (κ1) is 20.0. The number of amides is 1. The number of nitriles is 1. The molecular weight excluding hydrogens is 342 g/mol. The van der Waals surface area contributed by atoms with Gasteiger partial charge in [0, 0.05) is 17.1 Å². The minimum Gasteiger partial charge on any atom is -0.462 e. The van der Waals surface area contributed by atoms with Gasteiger partial charge in [-0.3, -0.25) is 4.79 Å². The minimum atomic E-state index is -0.504. The van der Waals surface area contributed by atoms with E-state index in [9.17, 15) is 14.9 Å². The summed E-state index contributed by atoms with van der Waals surface area (Å²) < 4.78 is 5.06. The highest BCUT2D eigenvalue weighted by molar-refractivity contribution is 6.10. The molecule has 2 rings (SSSR count). The molecule has 0 fully saturated rings. The van der Waals surface area contributed by atoms with Crippen molar-refractivity contribution < 1.29 is 14.3 Å². The van der Waals surface area contributed by atoms with Crippen LogP contribution in [0, 0.1) is 39.0 Å². The summed E-state index contributed by atoms with van der Waals surface area (Å²) in [5.74, 6) is -0.933. The Hall–Kier alpha value is -3.33. The maximum absolute atomic E-state index is 12.5. The molecule has 0 aliphatic rings. The third-order valence-electron chi connectivity index (χ3n) is 4.46. The number of ether oxygens (including phenoxy) is 1. The van der Waals surface area contributed by atoms with E-state index in [2.05, 4.69) is 10.3 Å². The summed E-state index contributed by atoms with van der Waals surface area (Å²) in [7, 11) is 0. The van der Waals surface area contributed by atoms with Crippen LogP contribution in [0.1, 0.15) is 45.4 Å². The van der Waals surface area contributed by atoms with Crippen LogP contribution in [-0.4, -0.2) is 23.5 Å². The molecule has 2 N–H and O–H groups in total. The van der Waals surface area contributed by atoms with Crippen molar-refractivity contribution >= 4 is 23.6 Å². The first-order chi connectivity index (χ1) is 12.8. The van der Waals surface area contributed by atoms with Gasteiger partial charge in [-0.2, -0.15) is 5.26 Å². The Balaban J connectivity index is 2.35. The van der Waals surface area contributed by atoms with Gasteiger partial charge in [0.2, 0.25) is 0 Å². The van der Waals surface area contributed by atoms with Gasteiger partial charge in [-0.25, -0.2) is 4.79 Å². The van der Waals surface area contributed by atoms with Gasteiger partial charge < -0.3 is 15.0 Å². The van der Waals surface area contributed by atoms with Crippen LogP contribution in [0.4, 0.5) is 5.69 Å². The van der Waals surface area contributed by atoms with Crippen LogP contribution < -0.4 is 5.32 Å². The summed E-state index contributed by atoms with van der Waals surface area (Å²) in [5, 5.41) is 12.2. The molecule has 0 unspecified atom stereocenters. The number of H-pyrrole nitrogens is 1. The van der Waals surface area contributed by atoms with Crippen LogP contribution in [0.3, 0.4) is 0 Å². The maximum Gasteiger partial charge on any atom is 0.340 e. The van der Waals surface area contributed by atoms with E-state index >= 15 is 0 Å². The Labute approximate surface area is 158 Å². The highest BCUT2D eigenvalue weighted by Gasteiger charge is 2.20. The van der Waals surface area contributed by atoms with Crippen LogP contribution >= 0.6 is 0 Å². The van der Waals surface area contributed by atoms with Crippen LogP contribution in [0.5, 0.6) is 0 Å². The first-order valence-corrected chi connectivity index (χ1v) is 8.65. The van der Waals surface area contributed by atoms with Crippen molar-refractivity contribution in [3.8, 4) is 6.07 Å². The lowest BCUT2D eigenvalue weighted by molar-refractivity contribution is -0.112. The van der Waals surface area contributed by atoms with Crippen LogP contribution in [0.25, 0.3) is 6.08 Å². The molecule has 0 atom stereocenters. The molecule has 6 heteroatoms.